The molecule has 0 aliphatic carbocycles. The number of aromatic nitrogens is 4. The van der Waals surface area contributed by atoms with Crippen LogP contribution in [0.2, 0.25) is 0 Å². The number of pyridine rings is 1. The van der Waals surface area contributed by atoms with Crippen LogP contribution in [0.15, 0.2) is 36.5 Å². The molecule has 2 aromatic heterocycles. The molecule has 0 amide bonds. The van der Waals surface area contributed by atoms with Gasteiger partial charge in [0, 0.05) is 25.0 Å². The molecule has 3 heterocycles. The SMILES string of the molecule is OCc1cn(CC2CCCN(Cc3ccc4cccc(F)c4n3)C2)nn1. The fraction of sp³-hybridized carbons (Fsp3) is 0.421. The van der Waals surface area contributed by atoms with Gasteiger partial charge in [-0.05, 0) is 37.4 Å². The average molecular weight is 355 g/mol. The summed E-state index contributed by atoms with van der Waals surface area (Å²) < 4.78 is 15.8. The molecule has 0 spiro atoms. The lowest BCUT2D eigenvalue weighted by Crippen LogP contribution is -2.36. The number of hydrogen-bond acceptors (Lipinski definition) is 5. The minimum atomic E-state index is -0.272. The molecule has 1 fully saturated rings. The van der Waals surface area contributed by atoms with E-state index < -0.39 is 0 Å². The molecule has 26 heavy (non-hydrogen) atoms. The van der Waals surface area contributed by atoms with E-state index >= 15 is 0 Å². The third-order valence-corrected chi connectivity index (χ3v) is 4.91. The summed E-state index contributed by atoms with van der Waals surface area (Å²) in [4.78, 5) is 6.89. The normalized spacial score (nSPS) is 18.5. The first-order valence-corrected chi connectivity index (χ1v) is 8.97. The molecule has 1 aromatic carbocycles. The zero-order chi connectivity index (χ0) is 17.9. The first-order chi connectivity index (χ1) is 12.7. The zero-order valence-electron chi connectivity index (χ0n) is 14.6. The lowest BCUT2D eigenvalue weighted by molar-refractivity contribution is 0.151. The Morgan fingerprint density at radius 1 is 1.19 bits per heavy atom. The van der Waals surface area contributed by atoms with Crippen LogP contribution in [0.1, 0.15) is 24.2 Å². The molecule has 1 aliphatic heterocycles. The molecule has 0 saturated carbocycles. The second kappa shape index (κ2) is 7.47. The van der Waals surface area contributed by atoms with Crippen LogP contribution in [-0.4, -0.2) is 43.1 Å². The van der Waals surface area contributed by atoms with E-state index in [4.69, 9.17) is 5.11 Å². The predicted molar refractivity (Wildman–Crippen MR) is 95.6 cm³/mol. The lowest BCUT2D eigenvalue weighted by atomic mass is 9.98. The van der Waals surface area contributed by atoms with Crippen molar-refractivity contribution < 1.29 is 9.50 Å². The number of piperidine rings is 1. The van der Waals surface area contributed by atoms with Crippen LogP contribution in [0.3, 0.4) is 0 Å². The number of halogens is 1. The summed E-state index contributed by atoms with van der Waals surface area (Å²) in [6.45, 7) is 3.41. The molecule has 1 aliphatic rings. The van der Waals surface area contributed by atoms with Crippen LogP contribution in [0.25, 0.3) is 10.9 Å². The predicted octanol–water partition coefficient (Wildman–Crippen LogP) is 2.37. The first kappa shape index (κ1) is 17.1. The van der Waals surface area contributed by atoms with E-state index in [0.717, 1.165) is 50.1 Å². The molecule has 1 N–H and O–H groups in total. The standard InChI is InChI=1S/C19H22FN5O/c20-18-5-1-4-15-6-7-16(21-19(15)18)11-24-8-2-3-14(9-24)10-25-12-17(13-26)22-23-25/h1,4-7,12,14,26H,2-3,8-11,13H2. The number of nitrogens with zero attached hydrogens (tertiary/aromatic N) is 5. The Kier molecular flexibility index (Phi) is 4.90. The van der Waals surface area contributed by atoms with Gasteiger partial charge in [-0.15, -0.1) is 5.10 Å². The van der Waals surface area contributed by atoms with Crippen LogP contribution in [0.4, 0.5) is 4.39 Å². The van der Waals surface area contributed by atoms with Crippen molar-refractivity contribution in [3.63, 3.8) is 0 Å². The first-order valence-electron chi connectivity index (χ1n) is 8.97. The lowest BCUT2D eigenvalue weighted by Gasteiger charge is -2.32. The molecule has 1 unspecified atom stereocenters. The molecule has 0 radical (unpaired) electrons. The maximum Gasteiger partial charge on any atom is 0.149 e. The largest absolute Gasteiger partial charge is 0.390 e. The number of fused-ring (bicyclic) bond motifs is 1. The van der Waals surface area contributed by atoms with Crippen molar-refractivity contribution in [3.8, 4) is 0 Å². The van der Waals surface area contributed by atoms with Gasteiger partial charge in [-0.25, -0.2) is 9.37 Å². The van der Waals surface area contributed by atoms with Crippen molar-refractivity contribution in [1.29, 1.82) is 0 Å². The number of benzene rings is 1. The highest BCUT2D eigenvalue weighted by Crippen LogP contribution is 2.21. The third-order valence-electron chi connectivity index (χ3n) is 4.91. The molecule has 4 rings (SSSR count). The van der Waals surface area contributed by atoms with Gasteiger partial charge < -0.3 is 5.11 Å². The zero-order valence-corrected chi connectivity index (χ0v) is 14.6. The maximum absolute atomic E-state index is 14.0. The highest BCUT2D eigenvalue weighted by Gasteiger charge is 2.21. The number of likely N-dealkylation sites (tertiary alicyclic amines) is 1. The van der Waals surface area contributed by atoms with E-state index in [9.17, 15) is 4.39 Å². The quantitative estimate of drug-likeness (QED) is 0.761. The van der Waals surface area contributed by atoms with E-state index in [1.54, 1.807) is 12.3 Å². The van der Waals surface area contributed by atoms with Crippen LogP contribution in [-0.2, 0) is 19.7 Å². The number of rotatable bonds is 5. The van der Waals surface area contributed by atoms with E-state index in [-0.39, 0.29) is 12.4 Å². The summed E-state index contributed by atoms with van der Waals surface area (Å²) in [5.74, 6) is 0.209. The Morgan fingerprint density at radius 3 is 2.96 bits per heavy atom. The highest BCUT2D eigenvalue weighted by molar-refractivity contribution is 5.79. The van der Waals surface area contributed by atoms with Crippen LogP contribution in [0, 0.1) is 11.7 Å². The van der Waals surface area contributed by atoms with Crippen molar-refractivity contribution in [2.24, 2.45) is 5.92 Å². The minimum absolute atomic E-state index is 0.0824. The van der Waals surface area contributed by atoms with Gasteiger partial charge in [-0.2, -0.15) is 0 Å². The molecular formula is C19H22FN5O. The summed E-state index contributed by atoms with van der Waals surface area (Å²) in [5.41, 5.74) is 1.93. The molecule has 1 atom stereocenters. The van der Waals surface area contributed by atoms with Crippen LogP contribution in [0.5, 0.6) is 0 Å². The van der Waals surface area contributed by atoms with E-state index in [0.29, 0.717) is 17.1 Å². The second-order valence-corrected chi connectivity index (χ2v) is 6.95. The molecular weight excluding hydrogens is 333 g/mol. The fourth-order valence-corrected chi connectivity index (χ4v) is 3.68. The van der Waals surface area contributed by atoms with Crippen LogP contribution < -0.4 is 0 Å². The summed E-state index contributed by atoms with van der Waals surface area (Å²) >= 11 is 0. The van der Waals surface area contributed by atoms with Gasteiger partial charge in [0.2, 0.25) is 0 Å². The van der Waals surface area contributed by atoms with Gasteiger partial charge in [-0.1, -0.05) is 23.4 Å². The smallest absolute Gasteiger partial charge is 0.149 e. The summed E-state index contributed by atoms with van der Waals surface area (Å²) in [7, 11) is 0. The molecule has 7 heteroatoms. The topological polar surface area (TPSA) is 67.1 Å². The Morgan fingerprint density at radius 2 is 2.12 bits per heavy atom. The second-order valence-electron chi connectivity index (χ2n) is 6.95. The summed E-state index contributed by atoms with van der Waals surface area (Å²) in [6, 6.07) is 8.96. The number of aliphatic hydroxyl groups excluding tert-OH is 1. The Bertz CT molecular complexity index is 897. The number of hydrogen-bond donors (Lipinski definition) is 1. The molecule has 0 bridgehead atoms. The van der Waals surface area contributed by atoms with Gasteiger partial charge in [-0.3, -0.25) is 9.58 Å². The number of para-hydroxylation sites is 1. The third kappa shape index (κ3) is 3.73. The van der Waals surface area contributed by atoms with Gasteiger partial charge in [0.05, 0.1) is 18.5 Å². The van der Waals surface area contributed by atoms with E-state index in [1.807, 2.05) is 22.9 Å². The van der Waals surface area contributed by atoms with E-state index in [2.05, 4.69) is 20.2 Å². The maximum atomic E-state index is 14.0. The van der Waals surface area contributed by atoms with E-state index in [1.165, 1.54) is 6.07 Å². The summed E-state index contributed by atoms with van der Waals surface area (Å²) in [6.07, 6.45) is 4.06. The van der Waals surface area contributed by atoms with Gasteiger partial charge in [0.25, 0.3) is 0 Å². The van der Waals surface area contributed by atoms with Gasteiger partial charge >= 0.3 is 0 Å². The van der Waals surface area contributed by atoms with Crippen molar-refractivity contribution in [2.75, 3.05) is 13.1 Å². The van der Waals surface area contributed by atoms with Crippen molar-refractivity contribution >= 4 is 10.9 Å². The molecule has 3 aromatic rings. The van der Waals surface area contributed by atoms with Crippen LogP contribution >= 0.6 is 0 Å². The van der Waals surface area contributed by atoms with Crippen molar-refractivity contribution in [2.45, 2.75) is 32.5 Å². The van der Waals surface area contributed by atoms with Crippen molar-refractivity contribution in [1.82, 2.24) is 24.9 Å². The molecule has 6 nitrogen and oxygen atoms in total. The Balaban J connectivity index is 1.42. The summed E-state index contributed by atoms with van der Waals surface area (Å²) in [5, 5.41) is 17.9. The fourth-order valence-electron chi connectivity index (χ4n) is 3.68. The highest BCUT2D eigenvalue weighted by atomic mass is 19.1. The number of aliphatic hydroxyl groups is 1. The average Bonchev–Trinajstić information content (AvgIpc) is 3.10. The Hall–Kier alpha value is -2.38. The molecule has 1 saturated heterocycles. The van der Waals surface area contributed by atoms with Crippen molar-refractivity contribution in [3.05, 3.63) is 53.7 Å². The Labute approximate surface area is 151 Å². The monoisotopic (exact) mass is 355 g/mol. The van der Waals surface area contributed by atoms with Gasteiger partial charge in [0.15, 0.2) is 0 Å². The minimum Gasteiger partial charge on any atom is -0.390 e. The molecule has 136 valence electrons. The van der Waals surface area contributed by atoms with Gasteiger partial charge in [0.1, 0.15) is 17.0 Å².